The summed E-state index contributed by atoms with van der Waals surface area (Å²) in [7, 11) is 0. The average Bonchev–Trinajstić information content (AvgIpc) is 2.60. The van der Waals surface area contributed by atoms with E-state index in [1.54, 1.807) is 0 Å². The van der Waals surface area contributed by atoms with Gasteiger partial charge in [0, 0.05) is 24.8 Å². The fourth-order valence-electron chi connectivity index (χ4n) is 2.88. The number of anilines is 1. The second kappa shape index (κ2) is 9.69. The molecule has 0 aliphatic heterocycles. The Labute approximate surface area is 159 Å². The highest BCUT2D eigenvalue weighted by molar-refractivity contribution is 6.18. The third-order valence-electron chi connectivity index (χ3n) is 3.90. The monoisotopic (exact) mass is 379 g/mol. The van der Waals surface area contributed by atoms with Gasteiger partial charge in [-0.3, -0.25) is 0 Å². The van der Waals surface area contributed by atoms with Gasteiger partial charge in [0.25, 0.3) is 0 Å². The highest BCUT2D eigenvalue weighted by atomic mass is 35.5. The molecule has 0 unspecified atom stereocenters. The molecule has 5 heteroatoms. The summed E-state index contributed by atoms with van der Waals surface area (Å²) >= 11 is 11.9. The van der Waals surface area contributed by atoms with E-state index in [0.717, 1.165) is 22.4 Å². The molecule has 0 amide bonds. The van der Waals surface area contributed by atoms with Gasteiger partial charge in [-0.1, -0.05) is 36.4 Å². The lowest BCUT2D eigenvalue weighted by molar-refractivity contribution is 0.0473. The second-order valence-electron chi connectivity index (χ2n) is 5.90. The zero-order valence-electron chi connectivity index (χ0n) is 14.6. The molecule has 2 aromatic carbocycles. The maximum atomic E-state index is 12.7. The Morgan fingerprint density at radius 2 is 1.68 bits per heavy atom. The van der Waals surface area contributed by atoms with Gasteiger partial charge in [0.1, 0.15) is 6.61 Å². The number of ether oxygens (including phenoxy) is 1. The van der Waals surface area contributed by atoms with E-state index in [0.29, 0.717) is 30.4 Å². The maximum Gasteiger partial charge on any atom is 0.340 e. The van der Waals surface area contributed by atoms with E-state index in [9.17, 15) is 4.79 Å². The Kier molecular flexibility index (Phi) is 7.60. The first-order valence-corrected chi connectivity index (χ1v) is 9.33. The van der Waals surface area contributed by atoms with Crippen molar-refractivity contribution >= 4 is 34.9 Å². The van der Waals surface area contributed by atoms with E-state index in [-0.39, 0.29) is 12.6 Å². The molecule has 0 aliphatic carbocycles. The minimum absolute atomic E-state index is 0.247. The fourth-order valence-corrected chi connectivity index (χ4v) is 3.28. The zero-order chi connectivity index (χ0) is 18.2. The van der Waals surface area contributed by atoms with Crippen LogP contribution in [0.3, 0.4) is 0 Å². The fraction of sp³-hybridized carbons (Fsp3) is 0.350. The van der Waals surface area contributed by atoms with Gasteiger partial charge in [-0.25, -0.2) is 4.79 Å². The molecule has 0 heterocycles. The van der Waals surface area contributed by atoms with Crippen LogP contribution in [-0.4, -0.2) is 30.8 Å². The first kappa shape index (κ1) is 19.6. The van der Waals surface area contributed by atoms with E-state index in [1.165, 1.54) is 0 Å². The molecule has 25 heavy (non-hydrogen) atoms. The number of nitrogens with zero attached hydrogens (tertiary/aromatic N) is 1. The molecule has 0 atom stereocenters. The number of halogens is 2. The van der Waals surface area contributed by atoms with E-state index >= 15 is 0 Å². The number of carbonyl (C=O) groups excluding carboxylic acids is 1. The van der Waals surface area contributed by atoms with Crippen molar-refractivity contribution in [3.05, 3.63) is 64.7 Å². The minimum atomic E-state index is -0.334. The van der Waals surface area contributed by atoms with E-state index < -0.39 is 0 Å². The van der Waals surface area contributed by atoms with Crippen LogP contribution >= 0.6 is 23.2 Å². The summed E-state index contributed by atoms with van der Waals surface area (Å²) in [6.45, 7) is 5.45. The smallest absolute Gasteiger partial charge is 0.340 e. The van der Waals surface area contributed by atoms with Crippen LogP contribution in [0.25, 0.3) is 0 Å². The third-order valence-corrected chi connectivity index (χ3v) is 4.24. The van der Waals surface area contributed by atoms with Crippen molar-refractivity contribution in [3.63, 3.8) is 0 Å². The number of rotatable bonds is 8. The molecule has 0 aliphatic rings. The Morgan fingerprint density at radius 1 is 1.04 bits per heavy atom. The highest BCUT2D eigenvalue weighted by Crippen LogP contribution is 2.28. The van der Waals surface area contributed by atoms with Crippen LogP contribution in [0.4, 0.5) is 5.69 Å². The maximum absolute atomic E-state index is 12.7. The molecule has 0 bridgehead atoms. The Morgan fingerprint density at radius 3 is 2.28 bits per heavy atom. The number of hydrogen-bond donors (Lipinski definition) is 0. The van der Waals surface area contributed by atoms with Crippen LogP contribution in [0.2, 0.25) is 0 Å². The zero-order valence-corrected chi connectivity index (χ0v) is 16.1. The van der Waals surface area contributed by atoms with E-state index in [2.05, 4.69) is 6.07 Å². The molecule has 2 rings (SSSR count). The number of carbonyl (C=O) groups is 1. The molecule has 0 saturated heterocycles. The predicted molar refractivity (Wildman–Crippen MR) is 105 cm³/mol. The van der Waals surface area contributed by atoms with E-state index in [1.807, 2.05) is 55.1 Å². The second-order valence-corrected chi connectivity index (χ2v) is 6.66. The Bertz CT molecular complexity index is 698. The van der Waals surface area contributed by atoms with E-state index in [4.69, 9.17) is 27.9 Å². The van der Waals surface area contributed by atoms with Gasteiger partial charge in [-0.2, -0.15) is 0 Å². The van der Waals surface area contributed by atoms with Crippen LogP contribution in [-0.2, 0) is 11.3 Å². The van der Waals surface area contributed by atoms with Gasteiger partial charge in [0.15, 0.2) is 0 Å². The van der Waals surface area contributed by atoms with Crippen molar-refractivity contribution in [2.45, 2.75) is 20.5 Å². The third kappa shape index (κ3) is 5.38. The van der Waals surface area contributed by atoms with Crippen LogP contribution in [0, 0.1) is 13.8 Å². The molecular weight excluding hydrogens is 357 g/mol. The molecular formula is C20H23Cl2NO2. The van der Waals surface area contributed by atoms with Gasteiger partial charge < -0.3 is 9.64 Å². The number of aryl methyl sites for hydroxylation is 2. The quantitative estimate of drug-likeness (QED) is 0.480. The first-order chi connectivity index (χ1) is 12.1. The van der Waals surface area contributed by atoms with Crippen LogP contribution in [0.1, 0.15) is 27.0 Å². The summed E-state index contributed by atoms with van der Waals surface area (Å²) in [6.07, 6.45) is 0. The summed E-state index contributed by atoms with van der Waals surface area (Å²) < 4.78 is 5.54. The van der Waals surface area contributed by atoms with Crippen LogP contribution < -0.4 is 4.90 Å². The Hall–Kier alpha value is -1.71. The number of benzene rings is 2. The number of alkyl halides is 2. The minimum Gasteiger partial charge on any atom is -0.457 e. The normalized spacial score (nSPS) is 10.6. The number of esters is 1. The van der Waals surface area contributed by atoms with Gasteiger partial charge >= 0.3 is 5.97 Å². The largest absolute Gasteiger partial charge is 0.457 e. The standard InChI is InChI=1S/C20H23Cl2NO2/c1-15-12-16(2)19(23(10-8-21)11-9-22)18(13-15)20(24)25-14-17-6-4-3-5-7-17/h3-7,12-13H,8-11,14H2,1-2H3. The van der Waals surface area contributed by atoms with Crippen molar-refractivity contribution in [3.8, 4) is 0 Å². The molecule has 3 nitrogen and oxygen atoms in total. The molecule has 0 radical (unpaired) electrons. The predicted octanol–water partition coefficient (Wildman–Crippen LogP) is 4.94. The molecule has 0 fully saturated rings. The summed E-state index contributed by atoms with van der Waals surface area (Å²) in [6, 6.07) is 13.6. The summed E-state index contributed by atoms with van der Waals surface area (Å²) in [4.78, 5) is 14.8. The van der Waals surface area contributed by atoms with Gasteiger partial charge in [0.2, 0.25) is 0 Å². The first-order valence-electron chi connectivity index (χ1n) is 8.26. The van der Waals surface area contributed by atoms with Crippen LogP contribution in [0.15, 0.2) is 42.5 Å². The number of hydrogen-bond acceptors (Lipinski definition) is 3. The van der Waals surface area contributed by atoms with Crippen molar-refractivity contribution < 1.29 is 9.53 Å². The van der Waals surface area contributed by atoms with Crippen LogP contribution in [0.5, 0.6) is 0 Å². The SMILES string of the molecule is Cc1cc(C)c(N(CCCl)CCCl)c(C(=O)OCc2ccccc2)c1. The molecule has 2 aromatic rings. The highest BCUT2D eigenvalue weighted by Gasteiger charge is 2.20. The molecule has 0 N–H and O–H groups in total. The lowest BCUT2D eigenvalue weighted by atomic mass is 10.0. The van der Waals surface area contributed by atoms with Crippen molar-refractivity contribution in [1.82, 2.24) is 0 Å². The summed E-state index contributed by atoms with van der Waals surface area (Å²) in [5, 5.41) is 0. The summed E-state index contributed by atoms with van der Waals surface area (Å²) in [5.74, 6) is 0.589. The topological polar surface area (TPSA) is 29.5 Å². The average molecular weight is 380 g/mol. The van der Waals surface area contributed by atoms with Gasteiger partial charge in [0.05, 0.1) is 11.3 Å². The molecule has 0 aromatic heterocycles. The lowest BCUT2D eigenvalue weighted by Crippen LogP contribution is -2.30. The molecule has 134 valence electrons. The Balaban J connectivity index is 2.29. The van der Waals surface area contributed by atoms with Gasteiger partial charge in [-0.15, -0.1) is 23.2 Å². The molecule has 0 saturated carbocycles. The van der Waals surface area contributed by atoms with Gasteiger partial charge in [-0.05, 0) is 36.6 Å². The van der Waals surface area contributed by atoms with Crippen molar-refractivity contribution in [2.24, 2.45) is 0 Å². The molecule has 0 spiro atoms. The summed E-state index contributed by atoms with van der Waals surface area (Å²) in [5.41, 5.74) is 4.40. The van der Waals surface area contributed by atoms with Crippen molar-refractivity contribution in [2.75, 3.05) is 29.7 Å². The lowest BCUT2D eigenvalue weighted by Gasteiger charge is -2.27. The van der Waals surface area contributed by atoms with Crippen molar-refractivity contribution in [1.29, 1.82) is 0 Å².